The summed E-state index contributed by atoms with van der Waals surface area (Å²) in [6.45, 7) is 8.36. The van der Waals surface area contributed by atoms with Crippen LogP contribution in [0.4, 0.5) is 5.13 Å². The number of thiazole rings is 1. The SMILES string of the molecule is Cc1ccc(/C(O)=C2\C(=O)C(=O)N(c3nc4ccc(C(C)(C)C)cc4s3)C2c2ccccn2)cc1. The number of carbonyl (C=O) groups is 2. The summed E-state index contributed by atoms with van der Waals surface area (Å²) in [5.41, 5.74) is 3.84. The molecule has 0 radical (unpaired) electrons. The maximum Gasteiger partial charge on any atom is 0.301 e. The minimum absolute atomic E-state index is 0.00666. The molecular weight excluding hydrogens is 458 g/mol. The van der Waals surface area contributed by atoms with E-state index in [0.717, 1.165) is 21.3 Å². The van der Waals surface area contributed by atoms with Crippen LogP contribution >= 0.6 is 11.3 Å². The summed E-state index contributed by atoms with van der Waals surface area (Å²) in [7, 11) is 0. The van der Waals surface area contributed by atoms with E-state index in [1.165, 1.54) is 16.2 Å². The maximum absolute atomic E-state index is 13.4. The van der Waals surface area contributed by atoms with E-state index in [9.17, 15) is 14.7 Å². The highest BCUT2D eigenvalue weighted by molar-refractivity contribution is 7.22. The third kappa shape index (κ3) is 4.02. The lowest BCUT2D eigenvalue weighted by atomic mass is 9.87. The van der Waals surface area contributed by atoms with Crippen molar-refractivity contribution in [2.24, 2.45) is 0 Å². The third-order valence-electron chi connectivity index (χ3n) is 6.19. The van der Waals surface area contributed by atoms with Crippen molar-refractivity contribution in [1.29, 1.82) is 0 Å². The van der Waals surface area contributed by atoms with Gasteiger partial charge in [-0.05, 0) is 42.2 Å². The number of aliphatic hydroxyl groups excluding tert-OH is 1. The number of aryl methyl sites for hydroxylation is 1. The Morgan fingerprint density at radius 2 is 1.77 bits per heavy atom. The van der Waals surface area contributed by atoms with E-state index in [2.05, 4.69) is 31.8 Å². The molecule has 0 aliphatic carbocycles. The van der Waals surface area contributed by atoms with Crippen molar-refractivity contribution < 1.29 is 14.7 Å². The summed E-state index contributed by atoms with van der Waals surface area (Å²) < 4.78 is 0.924. The van der Waals surface area contributed by atoms with Gasteiger partial charge >= 0.3 is 5.91 Å². The number of hydrogen-bond donors (Lipinski definition) is 1. The first-order valence-corrected chi connectivity index (χ1v) is 12.2. The maximum atomic E-state index is 13.4. The minimum Gasteiger partial charge on any atom is -0.507 e. The Hall–Kier alpha value is -3.84. The fourth-order valence-corrected chi connectivity index (χ4v) is 5.23. The van der Waals surface area contributed by atoms with Crippen LogP contribution in [0.1, 0.15) is 49.2 Å². The number of nitrogens with zero attached hydrogens (tertiary/aromatic N) is 3. The Balaban J connectivity index is 1.69. The van der Waals surface area contributed by atoms with Crippen molar-refractivity contribution in [3.63, 3.8) is 0 Å². The highest BCUT2D eigenvalue weighted by atomic mass is 32.1. The van der Waals surface area contributed by atoms with Crippen LogP contribution in [-0.2, 0) is 15.0 Å². The Kier molecular flexibility index (Phi) is 5.52. The molecule has 2 aromatic carbocycles. The first-order chi connectivity index (χ1) is 16.6. The van der Waals surface area contributed by atoms with E-state index in [0.29, 0.717) is 16.4 Å². The van der Waals surface area contributed by atoms with Gasteiger partial charge < -0.3 is 5.11 Å². The number of benzene rings is 2. The monoisotopic (exact) mass is 483 g/mol. The molecule has 1 N–H and O–H groups in total. The normalized spacial score (nSPS) is 17.9. The van der Waals surface area contributed by atoms with Crippen LogP contribution in [0.2, 0.25) is 0 Å². The molecule has 5 rings (SSSR count). The fourth-order valence-electron chi connectivity index (χ4n) is 4.20. The highest BCUT2D eigenvalue weighted by Crippen LogP contribution is 2.44. The van der Waals surface area contributed by atoms with Crippen LogP contribution in [0, 0.1) is 6.92 Å². The summed E-state index contributed by atoms with van der Waals surface area (Å²) in [4.78, 5) is 37.2. The second-order valence-electron chi connectivity index (χ2n) is 9.72. The molecule has 176 valence electrons. The van der Waals surface area contributed by atoms with Crippen LogP contribution in [0.15, 0.2) is 72.4 Å². The van der Waals surface area contributed by atoms with Crippen molar-refractivity contribution in [2.45, 2.75) is 39.2 Å². The first-order valence-electron chi connectivity index (χ1n) is 11.3. The summed E-state index contributed by atoms with van der Waals surface area (Å²) in [5.74, 6) is -1.71. The van der Waals surface area contributed by atoms with Gasteiger partial charge in [0, 0.05) is 11.8 Å². The minimum atomic E-state index is -0.889. The van der Waals surface area contributed by atoms with Crippen LogP contribution in [-0.4, -0.2) is 26.8 Å². The molecule has 1 atom stereocenters. The van der Waals surface area contributed by atoms with Crippen LogP contribution < -0.4 is 4.90 Å². The van der Waals surface area contributed by atoms with Crippen molar-refractivity contribution in [2.75, 3.05) is 4.90 Å². The number of hydrogen-bond acceptors (Lipinski definition) is 6. The van der Waals surface area contributed by atoms with Crippen molar-refractivity contribution >= 4 is 44.1 Å². The molecule has 0 bridgehead atoms. The van der Waals surface area contributed by atoms with Gasteiger partial charge in [0.1, 0.15) is 11.8 Å². The number of carbonyl (C=O) groups excluding carboxylic acids is 2. The molecule has 1 aliphatic heterocycles. The summed E-state index contributed by atoms with van der Waals surface area (Å²) in [6.07, 6.45) is 1.61. The second-order valence-corrected chi connectivity index (χ2v) is 10.7. The molecule has 1 saturated heterocycles. The molecule has 7 heteroatoms. The molecule has 0 saturated carbocycles. The molecule has 1 fully saturated rings. The number of pyridine rings is 1. The Morgan fingerprint density at radius 3 is 2.43 bits per heavy atom. The van der Waals surface area contributed by atoms with Gasteiger partial charge in [-0.3, -0.25) is 19.5 Å². The molecule has 1 unspecified atom stereocenters. The van der Waals surface area contributed by atoms with Gasteiger partial charge in [-0.25, -0.2) is 4.98 Å². The molecule has 1 aliphatic rings. The predicted octanol–water partition coefficient (Wildman–Crippen LogP) is 5.92. The van der Waals surface area contributed by atoms with E-state index in [4.69, 9.17) is 4.98 Å². The van der Waals surface area contributed by atoms with Gasteiger partial charge in [0.05, 0.1) is 21.5 Å². The number of ketones is 1. The lowest BCUT2D eigenvalue weighted by Gasteiger charge is -2.21. The Labute approximate surface area is 207 Å². The van der Waals surface area contributed by atoms with E-state index >= 15 is 0 Å². The number of amides is 1. The van der Waals surface area contributed by atoms with E-state index in [-0.39, 0.29) is 16.7 Å². The number of aromatic nitrogens is 2. The summed E-state index contributed by atoms with van der Waals surface area (Å²) >= 11 is 1.35. The molecule has 35 heavy (non-hydrogen) atoms. The average Bonchev–Trinajstić information content (AvgIpc) is 3.37. The average molecular weight is 484 g/mol. The zero-order chi connectivity index (χ0) is 24.9. The number of fused-ring (bicyclic) bond motifs is 1. The molecule has 2 aromatic heterocycles. The quantitative estimate of drug-likeness (QED) is 0.222. The molecule has 4 aromatic rings. The van der Waals surface area contributed by atoms with Crippen LogP contribution in [0.5, 0.6) is 0 Å². The van der Waals surface area contributed by atoms with Crippen molar-refractivity contribution in [3.8, 4) is 0 Å². The number of Topliss-reactive ketones (excluding diaryl/α,β-unsaturated/α-hetero) is 1. The first kappa shape index (κ1) is 22.9. The molecule has 3 heterocycles. The van der Waals surface area contributed by atoms with Gasteiger partial charge in [-0.15, -0.1) is 0 Å². The van der Waals surface area contributed by atoms with Gasteiger partial charge in [-0.1, -0.05) is 74.1 Å². The number of aliphatic hydroxyl groups is 1. The third-order valence-corrected chi connectivity index (χ3v) is 7.20. The summed E-state index contributed by atoms with van der Waals surface area (Å²) in [5, 5.41) is 11.6. The molecule has 0 spiro atoms. The Morgan fingerprint density at radius 1 is 1.03 bits per heavy atom. The highest BCUT2D eigenvalue weighted by Gasteiger charge is 2.48. The largest absolute Gasteiger partial charge is 0.507 e. The van der Waals surface area contributed by atoms with E-state index in [1.54, 1.807) is 36.5 Å². The lowest BCUT2D eigenvalue weighted by molar-refractivity contribution is -0.132. The van der Waals surface area contributed by atoms with Gasteiger partial charge in [-0.2, -0.15) is 0 Å². The van der Waals surface area contributed by atoms with Crippen molar-refractivity contribution in [3.05, 3.63) is 94.8 Å². The molecule has 6 nitrogen and oxygen atoms in total. The number of anilines is 1. The zero-order valence-electron chi connectivity index (χ0n) is 19.9. The summed E-state index contributed by atoms with van der Waals surface area (Å²) in [6, 6.07) is 17.6. The van der Waals surface area contributed by atoms with E-state index < -0.39 is 17.7 Å². The van der Waals surface area contributed by atoms with Crippen LogP contribution in [0.25, 0.3) is 16.0 Å². The standard InChI is InChI=1S/C28H25N3O3S/c1-16-8-10-17(11-9-16)24(32)22-23(20-7-5-6-14-29-20)31(26(34)25(22)33)27-30-19-13-12-18(28(2,3)4)15-21(19)35-27/h5-15,23,32H,1-4H3/b24-22+. The lowest BCUT2D eigenvalue weighted by Crippen LogP contribution is -2.29. The second kappa shape index (κ2) is 8.43. The van der Waals surface area contributed by atoms with E-state index in [1.807, 2.05) is 31.2 Å². The topological polar surface area (TPSA) is 83.4 Å². The van der Waals surface area contributed by atoms with Gasteiger partial charge in [0.15, 0.2) is 5.13 Å². The fraction of sp³-hybridized carbons (Fsp3) is 0.214. The molecular formula is C28H25N3O3S. The Bertz CT molecular complexity index is 1480. The number of rotatable bonds is 3. The predicted molar refractivity (Wildman–Crippen MR) is 139 cm³/mol. The zero-order valence-corrected chi connectivity index (χ0v) is 20.8. The van der Waals surface area contributed by atoms with Crippen molar-refractivity contribution in [1.82, 2.24) is 9.97 Å². The molecule has 1 amide bonds. The van der Waals surface area contributed by atoms with Gasteiger partial charge in [0.25, 0.3) is 5.78 Å². The van der Waals surface area contributed by atoms with Crippen LogP contribution in [0.3, 0.4) is 0 Å². The van der Waals surface area contributed by atoms with Gasteiger partial charge in [0.2, 0.25) is 0 Å². The smallest absolute Gasteiger partial charge is 0.301 e.